The first-order valence-electron chi connectivity index (χ1n) is 8.64. The van der Waals surface area contributed by atoms with Crippen LogP contribution in [0.2, 0.25) is 0 Å². The molecule has 2 aliphatic heterocycles. The van der Waals surface area contributed by atoms with E-state index < -0.39 is 0 Å². The molecule has 2 heterocycles. The van der Waals surface area contributed by atoms with Crippen LogP contribution >= 0.6 is 0 Å². The van der Waals surface area contributed by atoms with Crippen LogP contribution in [0, 0.1) is 17.8 Å². The van der Waals surface area contributed by atoms with E-state index in [1.54, 1.807) is 0 Å². The summed E-state index contributed by atoms with van der Waals surface area (Å²) in [5, 5.41) is 3.44. The van der Waals surface area contributed by atoms with Crippen LogP contribution in [0.5, 0.6) is 0 Å². The van der Waals surface area contributed by atoms with Crippen LogP contribution in [0.4, 0.5) is 0 Å². The quantitative estimate of drug-likeness (QED) is 0.862. The highest BCUT2D eigenvalue weighted by atomic mass is 16.2. The fourth-order valence-corrected chi connectivity index (χ4v) is 3.78. The Balaban J connectivity index is 1.88. The Morgan fingerprint density at radius 3 is 2.75 bits per heavy atom. The van der Waals surface area contributed by atoms with Crippen molar-refractivity contribution < 1.29 is 4.79 Å². The van der Waals surface area contributed by atoms with Crippen LogP contribution in [0.15, 0.2) is 0 Å². The Morgan fingerprint density at radius 1 is 1.25 bits per heavy atom. The lowest BCUT2D eigenvalue weighted by molar-refractivity contribution is -0.134. The lowest BCUT2D eigenvalue weighted by atomic mass is 9.89. The van der Waals surface area contributed by atoms with Crippen LogP contribution in [-0.4, -0.2) is 36.5 Å². The van der Waals surface area contributed by atoms with Crippen molar-refractivity contribution >= 4 is 5.91 Å². The van der Waals surface area contributed by atoms with Gasteiger partial charge in [0.15, 0.2) is 0 Å². The third-order valence-electron chi connectivity index (χ3n) is 5.42. The molecule has 2 rings (SSSR count). The molecular formula is C17H32N2O. The number of carbonyl (C=O) groups excluding carboxylic acids is 1. The maximum absolute atomic E-state index is 12.7. The topological polar surface area (TPSA) is 32.3 Å². The fraction of sp³-hybridized carbons (Fsp3) is 0.941. The molecule has 3 heteroatoms. The van der Waals surface area contributed by atoms with E-state index in [0.29, 0.717) is 5.91 Å². The van der Waals surface area contributed by atoms with Crippen molar-refractivity contribution in [2.75, 3.05) is 19.6 Å². The molecule has 0 bridgehead atoms. The predicted octanol–water partition coefficient (Wildman–Crippen LogP) is 3.05. The third kappa shape index (κ3) is 3.97. The van der Waals surface area contributed by atoms with Gasteiger partial charge in [-0.2, -0.15) is 0 Å². The summed E-state index contributed by atoms with van der Waals surface area (Å²) in [6.07, 6.45) is 7.14. The highest BCUT2D eigenvalue weighted by Gasteiger charge is 2.30. The van der Waals surface area contributed by atoms with Crippen molar-refractivity contribution in [2.24, 2.45) is 17.8 Å². The number of carbonyl (C=O) groups is 1. The van der Waals surface area contributed by atoms with Gasteiger partial charge in [-0.3, -0.25) is 4.79 Å². The summed E-state index contributed by atoms with van der Waals surface area (Å²) in [6, 6.07) is 0.0873. The number of amides is 1. The van der Waals surface area contributed by atoms with Gasteiger partial charge in [0.2, 0.25) is 5.91 Å². The predicted molar refractivity (Wildman–Crippen MR) is 83.6 cm³/mol. The maximum atomic E-state index is 12.7. The van der Waals surface area contributed by atoms with Gasteiger partial charge < -0.3 is 10.2 Å². The van der Waals surface area contributed by atoms with Gasteiger partial charge in [-0.25, -0.2) is 0 Å². The summed E-state index contributed by atoms with van der Waals surface area (Å²) in [7, 11) is 0. The highest BCUT2D eigenvalue weighted by molar-refractivity contribution is 5.82. The van der Waals surface area contributed by atoms with E-state index in [4.69, 9.17) is 0 Å². The van der Waals surface area contributed by atoms with Crippen LogP contribution in [-0.2, 0) is 4.79 Å². The average Bonchev–Trinajstić information content (AvgIpc) is 2.72. The molecule has 2 aliphatic rings. The Hall–Kier alpha value is -0.570. The highest BCUT2D eigenvalue weighted by Crippen LogP contribution is 2.26. The second-order valence-electron chi connectivity index (χ2n) is 7.07. The van der Waals surface area contributed by atoms with Gasteiger partial charge in [0, 0.05) is 13.1 Å². The van der Waals surface area contributed by atoms with Gasteiger partial charge >= 0.3 is 0 Å². The van der Waals surface area contributed by atoms with Crippen molar-refractivity contribution in [3.63, 3.8) is 0 Å². The largest absolute Gasteiger partial charge is 0.341 e. The molecule has 0 radical (unpaired) electrons. The molecule has 1 amide bonds. The zero-order valence-electron chi connectivity index (χ0n) is 13.5. The second-order valence-corrected chi connectivity index (χ2v) is 7.07. The number of hydrogen-bond acceptors (Lipinski definition) is 2. The van der Waals surface area contributed by atoms with Gasteiger partial charge in [-0.15, -0.1) is 0 Å². The standard InChI is InChI=1S/C17H32N2O/c1-4-14-7-9-18-16(12-14)17(20)19-10-5-6-15(8-11-19)13(2)3/h13-16,18H,4-12H2,1-3H3. The van der Waals surface area contributed by atoms with E-state index in [-0.39, 0.29) is 6.04 Å². The number of hydrogen-bond donors (Lipinski definition) is 1. The lowest BCUT2D eigenvalue weighted by Gasteiger charge is -2.33. The van der Waals surface area contributed by atoms with E-state index in [1.807, 2.05) is 0 Å². The maximum Gasteiger partial charge on any atom is 0.239 e. The summed E-state index contributed by atoms with van der Waals surface area (Å²) < 4.78 is 0. The van der Waals surface area contributed by atoms with Gasteiger partial charge in [0.25, 0.3) is 0 Å². The SMILES string of the molecule is CCC1CCNC(C(=O)N2CCCC(C(C)C)CC2)C1. The van der Waals surface area contributed by atoms with Crippen molar-refractivity contribution in [3.05, 3.63) is 0 Å². The monoisotopic (exact) mass is 280 g/mol. The zero-order valence-corrected chi connectivity index (χ0v) is 13.5. The molecule has 3 atom stereocenters. The summed E-state index contributed by atoms with van der Waals surface area (Å²) in [5.74, 6) is 2.66. The lowest BCUT2D eigenvalue weighted by Crippen LogP contribution is -2.50. The van der Waals surface area contributed by atoms with E-state index in [1.165, 1.54) is 32.1 Å². The molecule has 0 spiro atoms. The van der Waals surface area contributed by atoms with Gasteiger partial charge in [0.1, 0.15) is 0 Å². The Labute approximate surface area is 124 Å². The molecule has 3 unspecified atom stereocenters. The molecule has 1 N–H and O–H groups in total. The molecule has 3 nitrogen and oxygen atoms in total. The molecule has 2 fully saturated rings. The van der Waals surface area contributed by atoms with Gasteiger partial charge in [-0.1, -0.05) is 27.2 Å². The summed E-state index contributed by atoms with van der Waals surface area (Å²) in [5.41, 5.74) is 0. The van der Waals surface area contributed by atoms with Crippen molar-refractivity contribution in [2.45, 2.75) is 65.3 Å². The number of nitrogens with zero attached hydrogens (tertiary/aromatic N) is 1. The first kappa shape index (κ1) is 15.8. The Bertz CT molecular complexity index is 316. The molecule has 116 valence electrons. The van der Waals surface area contributed by atoms with Crippen molar-refractivity contribution in [1.29, 1.82) is 0 Å². The Kier molecular flexibility index (Phi) is 5.88. The fourth-order valence-electron chi connectivity index (χ4n) is 3.78. The van der Waals surface area contributed by atoms with Crippen LogP contribution in [0.3, 0.4) is 0 Å². The number of piperidine rings is 1. The number of nitrogens with one attached hydrogen (secondary N) is 1. The molecule has 0 aliphatic carbocycles. The van der Waals surface area contributed by atoms with Crippen LogP contribution in [0.25, 0.3) is 0 Å². The smallest absolute Gasteiger partial charge is 0.239 e. The molecule has 0 aromatic rings. The van der Waals surface area contributed by atoms with E-state index in [9.17, 15) is 4.79 Å². The molecule has 20 heavy (non-hydrogen) atoms. The van der Waals surface area contributed by atoms with E-state index in [2.05, 4.69) is 31.0 Å². The molecule has 0 saturated carbocycles. The molecule has 2 saturated heterocycles. The second kappa shape index (κ2) is 7.44. The van der Waals surface area contributed by atoms with Crippen LogP contribution in [0.1, 0.15) is 59.3 Å². The molecule has 0 aromatic carbocycles. The minimum absolute atomic E-state index is 0.0873. The minimum Gasteiger partial charge on any atom is -0.341 e. The number of likely N-dealkylation sites (tertiary alicyclic amines) is 1. The van der Waals surface area contributed by atoms with E-state index in [0.717, 1.165) is 43.8 Å². The first-order chi connectivity index (χ1) is 9.61. The van der Waals surface area contributed by atoms with Gasteiger partial charge in [-0.05, 0) is 56.4 Å². The summed E-state index contributed by atoms with van der Waals surface area (Å²) >= 11 is 0. The van der Waals surface area contributed by atoms with Gasteiger partial charge in [0.05, 0.1) is 6.04 Å². The van der Waals surface area contributed by atoms with Crippen molar-refractivity contribution in [3.8, 4) is 0 Å². The van der Waals surface area contributed by atoms with Crippen LogP contribution < -0.4 is 5.32 Å². The normalized spacial score (nSPS) is 32.2. The zero-order chi connectivity index (χ0) is 14.5. The third-order valence-corrected chi connectivity index (χ3v) is 5.42. The average molecular weight is 280 g/mol. The van der Waals surface area contributed by atoms with E-state index >= 15 is 0 Å². The molecular weight excluding hydrogens is 248 g/mol. The van der Waals surface area contributed by atoms with Crippen molar-refractivity contribution in [1.82, 2.24) is 10.2 Å². The first-order valence-corrected chi connectivity index (χ1v) is 8.64. The summed E-state index contributed by atoms with van der Waals surface area (Å²) in [6.45, 7) is 9.83. The minimum atomic E-state index is 0.0873. The Morgan fingerprint density at radius 2 is 2.05 bits per heavy atom. The molecule has 0 aromatic heterocycles. The summed E-state index contributed by atoms with van der Waals surface area (Å²) in [4.78, 5) is 14.8. The number of rotatable bonds is 3.